The van der Waals surface area contributed by atoms with Gasteiger partial charge >= 0.3 is 0 Å². The highest BCUT2D eigenvalue weighted by atomic mass is 16.7. The Morgan fingerprint density at radius 2 is 1.09 bits per heavy atom. The molecular weight excluding hydrogens is 700 g/mol. The first-order valence-electron chi connectivity index (χ1n) is 17.3. The molecule has 16 nitrogen and oxygen atoms in total. The van der Waals surface area contributed by atoms with E-state index in [2.05, 4.69) is 0 Å². The van der Waals surface area contributed by atoms with E-state index in [-0.39, 0.29) is 52.5 Å². The summed E-state index contributed by atoms with van der Waals surface area (Å²) in [6, 6.07) is 5.75. The van der Waals surface area contributed by atoms with Crippen molar-refractivity contribution in [2.45, 2.75) is 120 Å². The lowest BCUT2D eigenvalue weighted by Crippen LogP contribution is -2.60. The van der Waals surface area contributed by atoms with Gasteiger partial charge < -0.3 is 79.9 Å². The van der Waals surface area contributed by atoms with Gasteiger partial charge in [0.1, 0.15) is 84.0 Å². The van der Waals surface area contributed by atoms with Crippen molar-refractivity contribution >= 4 is 0 Å². The maximum atomic E-state index is 12.0. The number of hydrogen-bond donors (Lipinski definition) is 11. The highest BCUT2D eigenvalue weighted by molar-refractivity contribution is 5.66. The third-order valence-corrected chi connectivity index (χ3v) is 9.58. The van der Waals surface area contributed by atoms with Crippen LogP contribution in [0.4, 0.5) is 0 Å². The Bertz CT molecular complexity index is 1620. The lowest BCUT2D eigenvalue weighted by atomic mass is 9.86. The van der Waals surface area contributed by atoms with Crippen LogP contribution in [0.5, 0.6) is 23.0 Å². The number of aromatic hydroxyl groups is 1. The number of phenols is 1. The Hall–Kier alpha value is -3.36. The molecule has 3 aliphatic rings. The molecule has 294 valence electrons. The van der Waals surface area contributed by atoms with E-state index in [4.69, 9.17) is 23.7 Å². The first-order chi connectivity index (χ1) is 25.1. The minimum atomic E-state index is -1.89. The molecule has 5 rings (SSSR count). The Balaban J connectivity index is 1.80. The molecule has 13 atom stereocenters. The van der Waals surface area contributed by atoms with Gasteiger partial charge in [0.05, 0.1) is 18.8 Å². The molecule has 2 aromatic rings. The summed E-state index contributed by atoms with van der Waals surface area (Å²) < 4.78 is 30.6. The summed E-state index contributed by atoms with van der Waals surface area (Å²) in [4.78, 5) is 0. The highest BCUT2D eigenvalue weighted by Gasteiger charge is 2.49. The second kappa shape index (κ2) is 17.0. The maximum Gasteiger partial charge on any atom is 0.229 e. The minimum Gasteiger partial charge on any atom is -0.508 e. The lowest BCUT2D eigenvalue weighted by Gasteiger charge is -2.43. The second-order valence-electron chi connectivity index (χ2n) is 14.0. The van der Waals surface area contributed by atoms with Crippen LogP contribution in [0.1, 0.15) is 62.2 Å². The number of aliphatic hydroxyl groups excluding tert-OH is 10. The van der Waals surface area contributed by atoms with Gasteiger partial charge in [0, 0.05) is 11.1 Å². The fourth-order valence-corrected chi connectivity index (χ4v) is 6.50. The summed E-state index contributed by atoms with van der Waals surface area (Å²) in [5, 5.41) is 117. The van der Waals surface area contributed by atoms with Crippen LogP contribution in [0, 0.1) is 0 Å². The van der Waals surface area contributed by atoms with Crippen LogP contribution in [-0.2, 0) is 22.3 Å². The molecule has 2 fully saturated rings. The second-order valence-corrected chi connectivity index (χ2v) is 14.0. The number of benzene rings is 2. The van der Waals surface area contributed by atoms with Gasteiger partial charge in [0.25, 0.3) is 0 Å². The highest BCUT2D eigenvalue weighted by Crippen LogP contribution is 2.54. The average Bonchev–Trinajstić information content (AvgIpc) is 3.12. The number of allylic oxidation sites excluding steroid dienone is 4. The molecule has 0 bridgehead atoms. The van der Waals surface area contributed by atoms with E-state index in [0.29, 0.717) is 5.56 Å². The zero-order valence-electron chi connectivity index (χ0n) is 29.8. The van der Waals surface area contributed by atoms with Gasteiger partial charge in [-0.15, -0.1) is 0 Å². The van der Waals surface area contributed by atoms with Crippen molar-refractivity contribution in [3.8, 4) is 23.0 Å². The van der Waals surface area contributed by atoms with Crippen LogP contribution in [-0.4, -0.2) is 137 Å². The van der Waals surface area contributed by atoms with Crippen molar-refractivity contribution in [1.29, 1.82) is 0 Å². The molecule has 0 saturated carbocycles. The molecule has 0 aromatic heterocycles. The Morgan fingerprint density at radius 1 is 0.623 bits per heavy atom. The number of ether oxygens (including phenoxy) is 5. The SMILES string of the molecule is CC(C)=CCc1c(O[C@@H]2O[C@H](CO)[C@@H](O)[C@H](O)[C@H]2O)c(CC=C(C)C)c(O[C@@H]2O[C@H](CO)[C@@H](O)[C@H](O)[C@H]2O)c2c1OC(c1ccc(O)cc1)C(O)C2O. The van der Waals surface area contributed by atoms with Crippen molar-refractivity contribution in [2.24, 2.45) is 0 Å². The molecule has 2 aromatic carbocycles. The van der Waals surface area contributed by atoms with E-state index in [9.17, 15) is 56.2 Å². The summed E-state index contributed by atoms with van der Waals surface area (Å²) in [6.07, 6.45) is -18.0. The molecule has 0 aliphatic carbocycles. The predicted octanol–water partition coefficient (Wildman–Crippen LogP) is -0.705. The summed E-state index contributed by atoms with van der Waals surface area (Å²) in [7, 11) is 0. The first-order valence-corrected chi connectivity index (χ1v) is 17.3. The third-order valence-electron chi connectivity index (χ3n) is 9.58. The molecule has 3 aliphatic heterocycles. The summed E-state index contributed by atoms with van der Waals surface area (Å²) in [6.45, 7) is 5.79. The van der Waals surface area contributed by atoms with Gasteiger partial charge in [-0.3, -0.25) is 0 Å². The van der Waals surface area contributed by atoms with Gasteiger partial charge in [-0.1, -0.05) is 35.4 Å². The van der Waals surface area contributed by atoms with E-state index in [1.165, 1.54) is 24.3 Å². The van der Waals surface area contributed by atoms with Crippen molar-refractivity contribution < 1.29 is 79.9 Å². The van der Waals surface area contributed by atoms with Crippen LogP contribution < -0.4 is 14.2 Å². The van der Waals surface area contributed by atoms with Crippen molar-refractivity contribution in [3.63, 3.8) is 0 Å². The molecule has 53 heavy (non-hydrogen) atoms. The van der Waals surface area contributed by atoms with E-state index < -0.39 is 92.9 Å². The van der Waals surface area contributed by atoms with Crippen LogP contribution in [0.3, 0.4) is 0 Å². The van der Waals surface area contributed by atoms with Gasteiger partial charge in [-0.25, -0.2) is 0 Å². The Morgan fingerprint density at radius 3 is 1.57 bits per heavy atom. The summed E-state index contributed by atoms with van der Waals surface area (Å²) in [5.74, 6) is -0.425. The zero-order chi connectivity index (χ0) is 38.9. The average molecular weight is 751 g/mol. The molecule has 3 heterocycles. The quantitative estimate of drug-likeness (QED) is 0.127. The number of rotatable bonds is 11. The zero-order valence-corrected chi connectivity index (χ0v) is 29.8. The molecule has 0 spiro atoms. The normalized spacial score (nSPS) is 34.0. The van der Waals surface area contributed by atoms with Crippen molar-refractivity contribution in [2.75, 3.05) is 13.2 Å². The van der Waals surface area contributed by atoms with Gasteiger partial charge in [0.15, 0.2) is 6.10 Å². The molecular formula is C37H50O16. The third kappa shape index (κ3) is 8.34. The molecule has 0 radical (unpaired) electrons. The fourth-order valence-electron chi connectivity index (χ4n) is 6.50. The number of phenolic OH excluding ortho intramolecular Hbond substituents is 1. The number of hydrogen-bond acceptors (Lipinski definition) is 16. The minimum absolute atomic E-state index is 0.0266. The molecule has 11 N–H and O–H groups in total. The molecule has 0 amide bonds. The topological polar surface area (TPSA) is 269 Å². The van der Waals surface area contributed by atoms with Crippen molar-refractivity contribution in [1.82, 2.24) is 0 Å². The van der Waals surface area contributed by atoms with Gasteiger partial charge in [0.2, 0.25) is 12.6 Å². The summed E-state index contributed by atoms with van der Waals surface area (Å²) in [5.41, 5.74) is 2.32. The Kier molecular flexibility index (Phi) is 13.1. The van der Waals surface area contributed by atoms with E-state index in [1.807, 2.05) is 33.8 Å². The smallest absolute Gasteiger partial charge is 0.229 e. The fraction of sp³-hybridized carbons (Fsp3) is 0.568. The lowest BCUT2D eigenvalue weighted by molar-refractivity contribution is -0.279. The number of fused-ring (bicyclic) bond motifs is 1. The van der Waals surface area contributed by atoms with Gasteiger partial charge in [-0.05, 0) is 58.2 Å². The summed E-state index contributed by atoms with van der Waals surface area (Å²) >= 11 is 0. The van der Waals surface area contributed by atoms with E-state index in [1.54, 1.807) is 6.08 Å². The van der Waals surface area contributed by atoms with E-state index >= 15 is 0 Å². The van der Waals surface area contributed by atoms with Crippen LogP contribution >= 0.6 is 0 Å². The maximum absolute atomic E-state index is 12.0. The van der Waals surface area contributed by atoms with Gasteiger partial charge in [-0.2, -0.15) is 0 Å². The number of aliphatic hydroxyl groups is 10. The van der Waals surface area contributed by atoms with Crippen LogP contribution in [0.15, 0.2) is 47.6 Å². The van der Waals surface area contributed by atoms with Crippen LogP contribution in [0.25, 0.3) is 0 Å². The molecule has 16 heteroatoms. The molecule has 2 saturated heterocycles. The Labute approximate surface area is 306 Å². The van der Waals surface area contributed by atoms with Crippen molar-refractivity contribution in [3.05, 3.63) is 69.8 Å². The standard InChI is InChI=1S/C37H50O16/c1-15(2)5-11-19-33(52-36-30(47)27(44)24(41)21(13-38)49-36)20(12-6-16(3)4)35(53-37-31(48)28(45)25(42)22(14-39)50-37)23-26(43)29(46)32(51-34(19)23)17-7-9-18(40)10-8-17/h5-10,21-22,24-32,36-48H,11-14H2,1-4H3/t21-,22-,24-,25-,26?,27+,28+,29?,30-,31-,32?,36+,37+/m1/s1. The van der Waals surface area contributed by atoms with E-state index in [0.717, 1.165) is 11.1 Å². The first kappa shape index (κ1) is 40.8. The molecule has 3 unspecified atom stereocenters. The predicted molar refractivity (Wildman–Crippen MR) is 184 cm³/mol. The largest absolute Gasteiger partial charge is 0.508 e. The monoisotopic (exact) mass is 750 g/mol. The van der Waals surface area contributed by atoms with Crippen LogP contribution in [0.2, 0.25) is 0 Å².